The third-order valence-electron chi connectivity index (χ3n) is 7.87. The van der Waals surface area contributed by atoms with Crippen molar-refractivity contribution < 1.29 is 18.0 Å². The first-order chi connectivity index (χ1) is 19.9. The maximum atomic E-state index is 14.1. The van der Waals surface area contributed by atoms with Crippen LogP contribution in [-0.2, 0) is 26.2 Å². The summed E-state index contributed by atoms with van der Waals surface area (Å²) in [4.78, 5) is 29.0. The number of hydrogen-bond donors (Lipinski definition) is 1. The Kier molecular flexibility index (Phi) is 10.2. The fourth-order valence-electron chi connectivity index (χ4n) is 5.06. The van der Waals surface area contributed by atoms with Crippen LogP contribution in [0, 0.1) is 20.8 Å². The molecule has 0 spiro atoms. The van der Waals surface area contributed by atoms with Gasteiger partial charge in [0.25, 0.3) is 10.0 Å². The zero-order valence-electron chi connectivity index (χ0n) is 24.4. The number of hydrogen-bond acceptors (Lipinski definition) is 4. The van der Waals surface area contributed by atoms with Gasteiger partial charge in [-0.05, 0) is 93.6 Å². The average Bonchev–Trinajstić information content (AvgIpc) is 3.46. The summed E-state index contributed by atoms with van der Waals surface area (Å²) in [6, 6.07) is 16.0. The van der Waals surface area contributed by atoms with E-state index in [-0.39, 0.29) is 23.4 Å². The molecule has 10 heteroatoms. The van der Waals surface area contributed by atoms with Gasteiger partial charge in [0.2, 0.25) is 11.8 Å². The van der Waals surface area contributed by atoms with Crippen LogP contribution in [0.5, 0.6) is 0 Å². The van der Waals surface area contributed by atoms with Gasteiger partial charge in [0, 0.05) is 12.6 Å². The normalized spacial score (nSPS) is 14.4. The standard InChI is InChI=1S/C32H37Cl2N3O4S/c1-21-9-14-28(15-10-21)42(40,41)37(27-13-11-22(2)23(3)17-27)20-31(38)36(19-25-12-16-29(33)30(34)18-25)24(4)32(39)35-26-7-5-6-8-26/h9-18,24,26H,5-8,19-20H2,1-4H3,(H,35,39)/t24-/m1/s1. The van der Waals surface area contributed by atoms with Crippen molar-refractivity contribution in [2.24, 2.45) is 0 Å². The van der Waals surface area contributed by atoms with Gasteiger partial charge in [-0.15, -0.1) is 0 Å². The summed E-state index contributed by atoms with van der Waals surface area (Å²) < 4.78 is 29.2. The second-order valence-electron chi connectivity index (χ2n) is 11.0. The van der Waals surface area contributed by atoms with Crippen molar-refractivity contribution in [3.05, 3.63) is 93.0 Å². The Bertz CT molecular complexity index is 1550. The zero-order valence-corrected chi connectivity index (χ0v) is 26.7. The molecule has 3 aromatic rings. The van der Waals surface area contributed by atoms with Gasteiger partial charge in [-0.25, -0.2) is 8.42 Å². The highest BCUT2D eigenvalue weighted by molar-refractivity contribution is 7.92. The molecule has 1 saturated carbocycles. The Morgan fingerprint density at radius 2 is 1.57 bits per heavy atom. The lowest BCUT2D eigenvalue weighted by Crippen LogP contribution is -2.52. The largest absolute Gasteiger partial charge is 0.352 e. The molecule has 0 radical (unpaired) electrons. The van der Waals surface area contributed by atoms with E-state index >= 15 is 0 Å². The summed E-state index contributed by atoms with van der Waals surface area (Å²) in [7, 11) is -4.13. The first-order valence-electron chi connectivity index (χ1n) is 14.1. The van der Waals surface area contributed by atoms with Gasteiger partial charge in [-0.3, -0.25) is 13.9 Å². The number of rotatable bonds is 10. The van der Waals surface area contributed by atoms with Crippen LogP contribution in [0.3, 0.4) is 0 Å². The van der Waals surface area contributed by atoms with Crippen LogP contribution in [0.15, 0.2) is 65.6 Å². The summed E-state index contributed by atoms with van der Waals surface area (Å²) >= 11 is 12.4. The van der Waals surface area contributed by atoms with E-state index in [9.17, 15) is 18.0 Å². The maximum absolute atomic E-state index is 14.1. The van der Waals surface area contributed by atoms with E-state index in [1.165, 1.54) is 17.0 Å². The average molecular weight is 631 g/mol. The molecule has 1 fully saturated rings. The van der Waals surface area contributed by atoms with Crippen LogP contribution >= 0.6 is 23.2 Å². The summed E-state index contributed by atoms with van der Waals surface area (Å²) in [5.41, 5.74) is 3.83. The summed E-state index contributed by atoms with van der Waals surface area (Å²) in [6.07, 6.45) is 3.89. The van der Waals surface area contributed by atoms with Crippen LogP contribution in [0.25, 0.3) is 0 Å². The number of amides is 2. The lowest BCUT2D eigenvalue weighted by atomic mass is 10.1. The highest BCUT2D eigenvalue weighted by Crippen LogP contribution is 2.28. The van der Waals surface area contributed by atoms with Crippen LogP contribution < -0.4 is 9.62 Å². The van der Waals surface area contributed by atoms with Crippen LogP contribution in [-0.4, -0.2) is 43.8 Å². The van der Waals surface area contributed by atoms with Crippen molar-refractivity contribution >= 4 is 50.7 Å². The molecule has 4 rings (SSSR count). The topological polar surface area (TPSA) is 86.8 Å². The number of carbonyl (C=O) groups excluding carboxylic acids is 2. The first-order valence-corrected chi connectivity index (χ1v) is 16.3. The fourth-order valence-corrected chi connectivity index (χ4v) is 6.78. The van der Waals surface area contributed by atoms with E-state index < -0.39 is 28.5 Å². The summed E-state index contributed by atoms with van der Waals surface area (Å²) in [6.45, 7) is 6.91. The molecule has 0 unspecified atom stereocenters. The second kappa shape index (κ2) is 13.5. The van der Waals surface area contributed by atoms with Crippen LogP contribution in [0.1, 0.15) is 54.9 Å². The van der Waals surface area contributed by atoms with Gasteiger partial charge >= 0.3 is 0 Å². The molecule has 7 nitrogen and oxygen atoms in total. The van der Waals surface area contributed by atoms with E-state index in [2.05, 4.69) is 5.32 Å². The van der Waals surface area contributed by atoms with E-state index in [0.29, 0.717) is 21.3 Å². The van der Waals surface area contributed by atoms with Crippen LogP contribution in [0.2, 0.25) is 10.0 Å². The number of carbonyl (C=O) groups is 2. The molecule has 0 aromatic heterocycles. The summed E-state index contributed by atoms with van der Waals surface area (Å²) in [5, 5.41) is 3.76. The molecule has 2 amide bonds. The van der Waals surface area contributed by atoms with Gasteiger partial charge in [-0.1, -0.05) is 65.9 Å². The molecule has 0 aliphatic heterocycles. The minimum absolute atomic E-state index is 0.0420. The van der Waals surface area contributed by atoms with Crippen molar-refractivity contribution in [3.63, 3.8) is 0 Å². The van der Waals surface area contributed by atoms with Crippen molar-refractivity contribution in [1.82, 2.24) is 10.2 Å². The Labute approximate surface area is 258 Å². The van der Waals surface area contributed by atoms with Crippen molar-refractivity contribution in [3.8, 4) is 0 Å². The molecule has 224 valence electrons. The van der Waals surface area contributed by atoms with Crippen molar-refractivity contribution in [2.75, 3.05) is 10.8 Å². The van der Waals surface area contributed by atoms with Gasteiger partial charge in [0.05, 0.1) is 20.6 Å². The third kappa shape index (κ3) is 7.46. The molecule has 1 aliphatic carbocycles. The lowest BCUT2D eigenvalue weighted by Gasteiger charge is -2.32. The van der Waals surface area contributed by atoms with Gasteiger partial charge in [0.15, 0.2) is 0 Å². The number of anilines is 1. The smallest absolute Gasteiger partial charge is 0.264 e. The van der Waals surface area contributed by atoms with Crippen molar-refractivity contribution in [1.29, 1.82) is 0 Å². The first kappa shape index (κ1) is 31.9. The molecular formula is C32H37Cl2N3O4S. The van der Waals surface area contributed by atoms with E-state index in [1.807, 2.05) is 26.8 Å². The predicted octanol–water partition coefficient (Wildman–Crippen LogP) is 6.59. The maximum Gasteiger partial charge on any atom is 0.264 e. The SMILES string of the molecule is Cc1ccc(S(=O)(=O)N(CC(=O)N(Cc2ccc(Cl)c(Cl)c2)[C@H](C)C(=O)NC2CCCC2)c2ccc(C)c(C)c2)cc1. The van der Waals surface area contributed by atoms with Crippen molar-refractivity contribution in [2.45, 2.75) is 76.9 Å². The number of nitrogens with zero attached hydrogens (tertiary/aromatic N) is 2. The molecule has 1 N–H and O–H groups in total. The molecule has 0 heterocycles. The Balaban J connectivity index is 1.71. The second-order valence-corrected chi connectivity index (χ2v) is 13.7. The highest BCUT2D eigenvalue weighted by atomic mass is 35.5. The minimum atomic E-state index is -4.13. The van der Waals surface area contributed by atoms with Gasteiger partial charge < -0.3 is 10.2 Å². The molecule has 3 aromatic carbocycles. The number of halogens is 2. The highest BCUT2D eigenvalue weighted by Gasteiger charge is 2.33. The number of aryl methyl sites for hydroxylation is 3. The van der Waals surface area contributed by atoms with Gasteiger partial charge in [0.1, 0.15) is 12.6 Å². The van der Waals surface area contributed by atoms with E-state index in [4.69, 9.17) is 23.2 Å². The van der Waals surface area contributed by atoms with Gasteiger partial charge in [-0.2, -0.15) is 0 Å². The Morgan fingerprint density at radius 3 is 2.19 bits per heavy atom. The molecule has 1 atom stereocenters. The predicted molar refractivity (Wildman–Crippen MR) is 168 cm³/mol. The molecule has 42 heavy (non-hydrogen) atoms. The summed E-state index contributed by atoms with van der Waals surface area (Å²) in [5.74, 6) is -0.807. The molecular weight excluding hydrogens is 593 g/mol. The Morgan fingerprint density at radius 1 is 0.905 bits per heavy atom. The number of nitrogens with one attached hydrogen (secondary N) is 1. The number of sulfonamides is 1. The molecule has 1 aliphatic rings. The van der Waals surface area contributed by atoms with Crippen LogP contribution in [0.4, 0.5) is 5.69 Å². The monoisotopic (exact) mass is 629 g/mol. The zero-order chi connectivity index (χ0) is 30.6. The molecule has 0 saturated heterocycles. The Hall–Kier alpha value is -3.07. The minimum Gasteiger partial charge on any atom is -0.352 e. The van der Waals surface area contributed by atoms with E-state index in [0.717, 1.165) is 46.7 Å². The molecule has 0 bridgehead atoms. The quantitative estimate of drug-likeness (QED) is 0.274. The number of benzene rings is 3. The fraction of sp³-hybridized carbons (Fsp3) is 0.375. The lowest BCUT2D eigenvalue weighted by molar-refractivity contribution is -0.139. The third-order valence-corrected chi connectivity index (χ3v) is 10.4. The van der Waals surface area contributed by atoms with E-state index in [1.54, 1.807) is 49.4 Å².